The topological polar surface area (TPSA) is 98.0 Å². The molecule has 0 bridgehead atoms. The Morgan fingerprint density at radius 3 is 2.39 bits per heavy atom. The Labute approximate surface area is 190 Å². The second-order valence-electron chi connectivity index (χ2n) is 7.63. The highest BCUT2D eigenvalue weighted by atomic mass is 16.5. The maximum atomic E-state index is 13.0. The van der Waals surface area contributed by atoms with E-state index in [2.05, 4.69) is 5.32 Å². The van der Waals surface area contributed by atoms with Crippen LogP contribution in [0.15, 0.2) is 70.1 Å². The van der Waals surface area contributed by atoms with E-state index in [-0.39, 0.29) is 40.4 Å². The van der Waals surface area contributed by atoms with Crippen LogP contribution in [0.3, 0.4) is 0 Å². The molecule has 0 spiro atoms. The van der Waals surface area contributed by atoms with E-state index >= 15 is 0 Å². The van der Waals surface area contributed by atoms with Crippen LogP contribution in [0.1, 0.15) is 11.1 Å². The van der Waals surface area contributed by atoms with E-state index in [1.165, 1.54) is 18.4 Å². The first kappa shape index (κ1) is 22.0. The van der Waals surface area contributed by atoms with Crippen LogP contribution in [0, 0.1) is 13.8 Å². The normalized spacial score (nSPS) is 10.8. The zero-order valence-corrected chi connectivity index (χ0v) is 18.5. The average molecular weight is 445 g/mol. The van der Waals surface area contributed by atoms with Crippen LogP contribution in [0.5, 0.6) is 17.2 Å². The van der Waals surface area contributed by atoms with E-state index < -0.39 is 0 Å². The summed E-state index contributed by atoms with van der Waals surface area (Å²) >= 11 is 0. The van der Waals surface area contributed by atoms with Crippen molar-refractivity contribution in [2.24, 2.45) is 0 Å². The summed E-state index contributed by atoms with van der Waals surface area (Å²) in [6, 6.07) is 15.4. The maximum absolute atomic E-state index is 13.0. The molecule has 0 atom stereocenters. The lowest BCUT2D eigenvalue weighted by molar-refractivity contribution is -0.118. The maximum Gasteiger partial charge on any atom is 0.262 e. The molecule has 4 aromatic rings. The standard InChI is InChI=1S/C26H23NO6/c1-15-5-4-6-16(2)25(15)27-23(29)14-32-19-11-21(28)24-22(12-19)33-13-20(26(24)30)17-7-9-18(31-3)10-8-17/h4-13,28H,14H2,1-3H3,(H,27,29). The third kappa shape index (κ3) is 4.52. The first-order chi connectivity index (χ1) is 15.9. The second-order valence-corrected chi connectivity index (χ2v) is 7.63. The van der Waals surface area contributed by atoms with Gasteiger partial charge < -0.3 is 24.3 Å². The van der Waals surface area contributed by atoms with Gasteiger partial charge in [-0.3, -0.25) is 9.59 Å². The molecular weight excluding hydrogens is 422 g/mol. The monoisotopic (exact) mass is 445 g/mol. The summed E-state index contributed by atoms with van der Waals surface area (Å²) in [5, 5.41) is 13.4. The van der Waals surface area contributed by atoms with Crippen molar-refractivity contribution in [2.75, 3.05) is 19.0 Å². The Morgan fingerprint density at radius 2 is 1.73 bits per heavy atom. The molecule has 33 heavy (non-hydrogen) atoms. The number of phenols is 1. The molecule has 0 aliphatic carbocycles. The van der Waals surface area contributed by atoms with Gasteiger partial charge in [0.25, 0.3) is 5.91 Å². The smallest absolute Gasteiger partial charge is 0.262 e. The number of carbonyl (C=O) groups excluding carboxylic acids is 1. The first-order valence-corrected chi connectivity index (χ1v) is 10.3. The third-order valence-corrected chi connectivity index (χ3v) is 5.35. The number of rotatable bonds is 6. The lowest BCUT2D eigenvalue weighted by Crippen LogP contribution is -2.21. The average Bonchev–Trinajstić information content (AvgIpc) is 2.80. The van der Waals surface area contributed by atoms with Crippen molar-refractivity contribution >= 4 is 22.6 Å². The van der Waals surface area contributed by atoms with E-state index in [4.69, 9.17) is 13.9 Å². The van der Waals surface area contributed by atoms with E-state index in [1.54, 1.807) is 31.4 Å². The number of anilines is 1. The lowest BCUT2D eigenvalue weighted by atomic mass is 10.0. The van der Waals surface area contributed by atoms with Crippen LogP contribution < -0.4 is 20.2 Å². The van der Waals surface area contributed by atoms with Crippen LogP contribution in [0.4, 0.5) is 5.69 Å². The van der Waals surface area contributed by atoms with E-state index in [1.807, 2.05) is 32.0 Å². The molecule has 0 unspecified atom stereocenters. The minimum Gasteiger partial charge on any atom is -0.507 e. The Kier molecular flexibility index (Phi) is 6.04. The van der Waals surface area contributed by atoms with Gasteiger partial charge in [-0.25, -0.2) is 0 Å². The Bertz CT molecular complexity index is 1370. The largest absolute Gasteiger partial charge is 0.507 e. The van der Waals surface area contributed by atoms with Gasteiger partial charge in [-0.1, -0.05) is 30.3 Å². The molecule has 0 aliphatic rings. The van der Waals surface area contributed by atoms with E-state index in [0.29, 0.717) is 16.9 Å². The fraction of sp³-hybridized carbons (Fsp3) is 0.154. The highest BCUT2D eigenvalue weighted by Crippen LogP contribution is 2.31. The number of aryl methyl sites for hydroxylation is 2. The summed E-state index contributed by atoms with van der Waals surface area (Å²) < 4.78 is 16.3. The summed E-state index contributed by atoms with van der Waals surface area (Å²) in [6.07, 6.45) is 1.34. The molecular formula is C26H23NO6. The van der Waals surface area contributed by atoms with Gasteiger partial charge in [-0.2, -0.15) is 0 Å². The van der Waals surface area contributed by atoms with Crippen LogP contribution in [-0.2, 0) is 4.79 Å². The van der Waals surface area contributed by atoms with Gasteiger partial charge in [0.05, 0.1) is 12.7 Å². The van der Waals surface area contributed by atoms with Crippen molar-refractivity contribution in [2.45, 2.75) is 13.8 Å². The number of amides is 1. The molecule has 168 valence electrons. The number of carbonyl (C=O) groups is 1. The van der Waals surface area contributed by atoms with Crippen LogP contribution >= 0.6 is 0 Å². The first-order valence-electron chi connectivity index (χ1n) is 10.3. The molecule has 0 aliphatic heterocycles. The van der Waals surface area contributed by atoms with Crippen molar-refractivity contribution in [3.05, 3.63) is 82.2 Å². The van der Waals surface area contributed by atoms with Crippen molar-refractivity contribution in [3.8, 4) is 28.4 Å². The predicted octanol–water partition coefficient (Wildman–Crippen LogP) is 4.81. The molecule has 0 saturated heterocycles. The number of methoxy groups -OCH3 is 1. The molecule has 2 N–H and O–H groups in total. The number of hydrogen-bond donors (Lipinski definition) is 2. The van der Waals surface area contributed by atoms with Gasteiger partial charge in [-0.05, 0) is 42.7 Å². The van der Waals surface area contributed by atoms with Crippen LogP contribution in [0.2, 0.25) is 0 Å². The molecule has 3 aromatic carbocycles. The SMILES string of the molecule is COc1ccc(-c2coc3cc(OCC(=O)Nc4c(C)cccc4C)cc(O)c3c2=O)cc1. The van der Waals surface area contributed by atoms with Gasteiger partial charge in [0.1, 0.15) is 34.5 Å². The molecule has 1 amide bonds. The number of phenolic OH excluding ortho intramolecular Hbond substituents is 1. The number of benzene rings is 3. The molecule has 0 saturated carbocycles. The lowest BCUT2D eigenvalue weighted by Gasteiger charge is -2.12. The second kappa shape index (κ2) is 9.08. The molecule has 1 heterocycles. The Balaban J connectivity index is 1.55. The van der Waals surface area contributed by atoms with Crippen molar-refractivity contribution in [1.29, 1.82) is 0 Å². The highest BCUT2D eigenvalue weighted by molar-refractivity contribution is 5.93. The summed E-state index contributed by atoms with van der Waals surface area (Å²) in [5.74, 6) is 0.234. The van der Waals surface area contributed by atoms with Gasteiger partial charge in [0.2, 0.25) is 5.43 Å². The molecule has 4 rings (SSSR count). The van der Waals surface area contributed by atoms with E-state index in [9.17, 15) is 14.7 Å². The van der Waals surface area contributed by atoms with Crippen molar-refractivity contribution in [3.63, 3.8) is 0 Å². The number of ether oxygens (including phenoxy) is 2. The summed E-state index contributed by atoms with van der Waals surface area (Å²) in [6.45, 7) is 3.55. The number of fused-ring (bicyclic) bond motifs is 1. The van der Waals surface area contributed by atoms with Gasteiger partial charge in [0.15, 0.2) is 6.61 Å². The van der Waals surface area contributed by atoms with Crippen molar-refractivity contribution in [1.82, 2.24) is 0 Å². The zero-order chi connectivity index (χ0) is 23.5. The molecule has 7 nitrogen and oxygen atoms in total. The fourth-order valence-electron chi connectivity index (χ4n) is 3.60. The molecule has 0 radical (unpaired) electrons. The van der Waals surface area contributed by atoms with Gasteiger partial charge in [0, 0.05) is 17.8 Å². The van der Waals surface area contributed by atoms with Crippen LogP contribution in [-0.4, -0.2) is 24.7 Å². The number of nitrogens with one attached hydrogen (secondary N) is 1. The fourth-order valence-corrected chi connectivity index (χ4v) is 3.60. The quantitative estimate of drug-likeness (QED) is 0.442. The number of hydrogen-bond acceptors (Lipinski definition) is 6. The zero-order valence-electron chi connectivity index (χ0n) is 18.5. The van der Waals surface area contributed by atoms with E-state index in [0.717, 1.165) is 16.8 Å². The highest BCUT2D eigenvalue weighted by Gasteiger charge is 2.15. The Hall–Kier alpha value is -4.26. The molecule has 1 aromatic heterocycles. The third-order valence-electron chi connectivity index (χ3n) is 5.35. The Morgan fingerprint density at radius 1 is 1.03 bits per heavy atom. The minimum atomic E-state index is -0.377. The molecule has 0 fully saturated rings. The summed E-state index contributed by atoms with van der Waals surface area (Å²) in [7, 11) is 1.56. The summed E-state index contributed by atoms with van der Waals surface area (Å²) in [4.78, 5) is 25.4. The van der Waals surface area contributed by atoms with Gasteiger partial charge >= 0.3 is 0 Å². The molecule has 7 heteroatoms. The number of para-hydroxylation sites is 1. The number of aromatic hydroxyl groups is 1. The summed E-state index contributed by atoms with van der Waals surface area (Å²) in [5.41, 5.74) is 3.35. The van der Waals surface area contributed by atoms with Gasteiger partial charge in [-0.15, -0.1) is 0 Å². The minimum absolute atomic E-state index is 0.0376. The predicted molar refractivity (Wildman–Crippen MR) is 126 cm³/mol. The van der Waals surface area contributed by atoms with Crippen LogP contribution in [0.25, 0.3) is 22.1 Å². The van der Waals surface area contributed by atoms with Crippen molar-refractivity contribution < 1.29 is 23.8 Å².